The maximum Gasteiger partial charge on any atom is 0.131 e. The van der Waals surface area contributed by atoms with Gasteiger partial charge in [-0.15, -0.1) is 0 Å². The normalized spacial score (nSPS) is 12.9. The van der Waals surface area contributed by atoms with Crippen molar-refractivity contribution < 1.29 is 4.74 Å². The third-order valence-electron chi connectivity index (χ3n) is 3.34. The second-order valence-electron chi connectivity index (χ2n) is 5.52. The highest BCUT2D eigenvalue weighted by atomic mass is 16.5. The van der Waals surface area contributed by atoms with Crippen molar-refractivity contribution in [2.45, 2.75) is 33.2 Å². The molecule has 2 N–H and O–H groups in total. The first-order valence-electron chi connectivity index (χ1n) is 6.99. The molecule has 2 nitrogen and oxygen atoms in total. The van der Waals surface area contributed by atoms with Crippen LogP contribution in [0.3, 0.4) is 0 Å². The number of hydrogen-bond acceptors (Lipinski definition) is 2. The molecule has 2 heteroatoms. The van der Waals surface area contributed by atoms with Crippen LogP contribution >= 0.6 is 0 Å². The van der Waals surface area contributed by atoms with Crippen LogP contribution in [0.5, 0.6) is 5.75 Å². The zero-order valence-corrected chi connectivity index (χ0v) is 12.0. The van der Waals surface area contributed by atoms with Crippen LogP contribution in [-0.2, 0) is 0 Å². The van der Waals surface area contributed by atoms with Crippen LogP contribution in [0.4, 0.5) is 0 Å². The average molecular weight is 257 g/mol. The second-order valence-corrected chi connectivity index (χ2v) is 5.52. The molecule has 0 fully saturated rings. The smallest absolute Gasteiger partial charge is 0.131 e. The van der Waals surface area contributed by atoms with E-state index in [4.69, 9.17) is 10.5 Å². The van der Waals surface area contributed by atoms with Gasteiger partial charge in [0.25, 0.3) is 0 Å². The Bertz CT molecular complexity index is 546. The Morgan fingerprint density at radius 3 is 2.47 bits per heavy atom. The molecule has 0 aliphatic rings. The predicted molar refractivity (Wildman–Crippen MR) is 81.5 cm³/mol. The van der Waals surface area contributed by atoms with Gasteiger partial charge in [-0.25, -0.2) is 0 Å². The molecule has 0 amide bonds. The highest BCUT2D eigenvalue weighted by Gasteiger charge is 2.12. The zero-order chi connectivity index (χ0) is 13.8. The van der Waals surface area contributed by atoms with Crippen LogP contribution < -0.4 is 10.5 Å². The first-order chi connectivity index (χ1) is 9.09. The number of rotatable bonds is 5. The van der Waals surface area contributed by atoms with Gasteiger partial charge in [0.05, 0.1) is 6.61 Å². The molecule has 0 saturated carbocycles. The Morgan fingerprint density at radius 1 is 1.05 bits per heavy atom. The standard InChI is InChI=1S/C17H23NO/c1-12(2)10-11-19-17-15(13(3)18)9-8-14-6-4-5-7-16(14)17/h4-9,12-13H,10-11,18H2,1-3H3/t13-/m1/s1. The van der Waals surface area contributed by atoms with Crippen molar-refractivity contribution in [3.05, 3.63) is 42.0 Å². The number of fused-ring (bicyclic) bond motifs is 1. The van der Waals surface area contributed by atoms with Crippen molar-refractivity contribution in [3.63, 3.8) is 0 Å². The van der Waals surface area contributed by atoms with Gasteiger partial charge >= 0.3 is 0 Å². The topological polar surface area (TPSA) is 35.2 Å². The molecule has 0 radical (unpaired) electrons. The third kappa shape index (κ3) is 3.27. The summed E-state index contributed by atoms with van der Waals surface area (Å²) in [5.74, 6) is 1.60. The van der Waals surface area contributed by atoms with E-state index in [1.807, 2.05) is 19.1 Å². The summed E-state index contributed by atoms with van der Waals surface area (Å²) in [4.78, 5) is 0. The molecule has 2 aromatic rings. The predicted octanol–water partition coefficient (Wildman–Crippen LogP) is 4.28. The van der Waals surface area contributed by atoms with Crippen LogP contribution in [0.2, 0.25) is 0 Å². The Morgan fingerprint density at radius 2 is 1.79 bits per heavy atom. The van der Waals surface area contributed by atoms with E-state index in [1.54, 1.807) is 0 Å². The van der Waals surface area contributed by atoms with Gasteiger partial charge < -0.3 is 10.5 Å². The SMILES string of the molecule is CC(C)CCOc1c([C@@H](C)N)ccc2ccccc12. The molecule has 0 spiro atoms. The second kappa shape index (κ2) is 6.07. The van der Waals surface area contributed by atoms with Crippen LogP contribution in [0.1, 0.15) is 38.8 Å². The molecule has 2 aromatic carbocycles. The van der Waals surface area contributed by atoms with E-state index in [0.717, 1.165) is 29.7 Å². The monoisotopic (exact) mass is 257 g/mol. The molecule has 1 atom stereocenters. The lowest BCUT2D eigenvalue weighted by Crippen LogP contribution is -2.10. The zero-order valence-electron chi connectivity index (χ0n) is 12.0. The van der Waals surface area contributed by atoms with Crippen LogP contribution in [0.15, 0.2) is 36.4 Å². The number of benzene rings is 2. The fourth-order valence-electron chi connectivity index (χ4n) is 2.18. The van der Waals surface area contributed by atoms with Gasteiger partial charge in [0.1, 0.15) is 5.75 Å². The van der Waals surface area contributed by atoms with Gasteiger partial charge in [-0.05, 0) is 24.6 Å². The average Bonchev–Trinajstić information content (AvgIpc) is 2.38. The van der Waals surface area contributed by atoms with Crippen LogP contribution in [0, 0.1) is 5.92 Å². The van der Waals surface area contributed by atoms with Crippen molar-refractivity contribution in [1.82, 2.24) is 0 Å². The summed E-state index contributed by atoms with van der Waals surface area (Å²) in [6, 6.07) is 12.5. The molecule has 0 bridgehead atoms. The van der Waals surface area contributed by atoms with E-state index < -0.39 is 0 Å². The van der Waals surface area contributed by atoms with Crippen molar-refractivity contribution in [2.24, 2.45) is 11.7 Å². The quantitative estimate of drug-likeness (QED) is 0.867. The number of nitrogens with two attached hydrogens (primary N) is 1. The van der Waals surface area contributed by atoms with E-state index in [2.05, 4.69) is 38.1 Å². The lowest BCUT2D eigenvalue weighted by Gasteiger charge is -2.17. The maximum absolute atomic E-state index is 6.06. The minimum Gasteiger partial charge on any atom is -0.493 e. The summed E-state index contributed by atoms with van der Waals surface area (Å²) in [5.41, 5.74) is 7.14. The molecule has 0 aromatic heterocycles. The summed E-state index contributed by atoms with van der Waals surface area (Å²) < 4.78 is 6.04. The van der Waals surface area contributed by atoms with E-state index in [-0.39, 0.29) is 6.04 Å². The summed E-state index contributed by atoms with van der Waals surface area (Å²) >= 11 is 0. The highest BCUT2D eigenvalue weighted by molar-refractivity contribution is 5.89. The fourth-order valence-corrected chi connectivity index (χ4v) is 2.18. The molecular weight excluding hydrogens is 234 g/mol. The number of ether oxygens (including phenoxy) is 1. The molecule has 0 heterocycles. The lowest BCUT2D eigenvalue weighted by atomic mass is 10.0. The van der Waals surface area contributed by atoms with Crippen LogP contribution in [0.25, 0.3) is 10.8 Å². The van der Waals surface area contributed by atoms with Crippen molar-refractivity contribution >= 4 is 10.8 Å². The molecule has 0 unspecified atom stereocenters. The highest BCUT2D eigenvalue weighted by Crippen LogP contribution is 2.33. The first kappa shape index (κ1) is 13.9. The molecule has 0 saturated heterocycles. The van der Waals surface area contributed by atoms with E-state index in [0.29, 0.717) is 5.92 Å². The van der Waals surface area contributed by atoms with E-state index in [1.165, 1.54) is 5.39 Å². The Hall–Kier alpha value is -1.54. The molecule has 0 aliphatic heterocycles. The number of hydrogen-bond donors (Lipinski definition) is 1. The summed E-state index contributed by atoms with van der Waals surface area (Å²) in [5, 5.41) is 2.35. The molecular formula is C17H23NO. The van der Waals surface area contributed by atoms with Gasteiger partial charge in [0.2, 0.25) is 0 Å². The van der Waals surface area contributed by atoms with Crippen molar-refractivity contribution in [2.75, 3.05) is 6.61 Å². The first-order valence-corrected chi connectivity index (χ1v) is 6.99. The molecule has 19 heavy (non-hydrogen) atoms. The summed E-state index contributed by atoms with van der Waals surface area (Å²) in [7, 11) is 0. The van der Waals surface area contributed by atoms with E-state index >= 15 is 0 Å². The Kier molecular flexibility index (Phi) is 4.43. The van der Waals surface area contributed by atoms with Gasteiger partial charge in [0.15, 0.2) is 0 Å². The summed E-state index contributed by atoms with van der Waals surface area (Å²) in [6.07, 6.45) is 1.06. The van der Waals surface area contributed by atoms with E-state index in [9.17, 15) is 0 Å². The fraction of sp³-hybridized carbons (Fsp3) is 0.412. The maximum atomic E-state index is 6.06. The van der Waals surface area contributed by atoms with Crippen molar-refractivity contribution in [1.29, 1.82) is 0 Å². The van der Waals surface area contributed by atoms with Gasteiger partial charge in [-0.2, -0.15) is 0 Å². The van der Waals surface area contributed by atoms with Crippen molar-refractivity contribution in [3.8, 4) is 5.75 Å². The van der Waals surface area contributed by atoms with Crippen LogP contribution in [-0.4, -0.2) is 6.61 Å². The molecule has 102 valence electrons. The third-order valence-corrected chi connectivity index (χ3v) is 3.34. The largest absolute Gasteiger partial charge is 0.493 e. The minimum atomic E-state index is -0.0151. The van der Waals surface area contributed by atoms with Gasteiger partial charge in [-0.1, -0.05) is 50.2 Å². The summed E-state index contributed by atoms with van der Waals surface area (Å²) in [6.45, 7) is 7.16. The molecule has 0 aliphatic carbocycles. The van der Waals surface area contributed by atoms with Gasteiger partial charge in [0, 0.05) is 17.0 Å². The van der Waals surface area contributed by atoms with Gasteiger partial charge in [-0.3, -0.25) is 0 Å². The lowest BCUT2D eigenvalue weighted by molar-refractivity contribution is 0.289. The Labute approximate surface area is 115 Å². The Balaban J connectivity index is 2.38. The molecule has 2 rings (SSSR count). The minimum absolute atomic E-state index is 0.0151.